The van der Waals surface area contributed by atoms with Gasteiger partial charge in [0, 0.05) is 35.7 Å². The molecule has 1 N–H and O–H groups in total. The Kier molecular flexibility index (Phi) is 6.24. The van der Waals surface area contributed by atoms with Gasteiger partial charge in [0.15, 0.2) is 0 Å². The van der Waals surface area contributed by atoms with Crippen LogP contribution in [0.4, 0.5) is 5.69 Å². The monoisotopic (exact) mass is 477 g/mol. The fraction of sp³-hybridized carbons (Fsp3) is 0.409. The highest BCUT2D eigenvalue weighted by Gasteiger charge is 2.45. The molecular weight excluding hydrogens is 454 g/mol. The molecule has 1 unspecified atom stereocenters. The molecule has 170 valence electrons. The number of piperidine rings is 1. The zero-order valence-electron chi connectivity index (χ0n) is 17.4. The molecule has 2 aromatic rings. The lowest BCUT2D eigenvalue weighted by Gasteiger charge is -2.34. The molecule has 2 aliphatic rings. The fourth-order valence-corrected chi connectivity index (χ4v) is 6.01. The number of nitro groups is 1. The van der Waals surface area contributed by atoms with Gasteiger partial charge < -0.3 is 5.32 Å². The lowest BCUT2D eigenvalue weighted by Crippen LogP contribution is -2.52. The van der Waals surface area contributed by atoms with Gasteiger partial charge in [0.25, 0.3) is 5.69 Å². The molecule has 0 spiro atoms. The first kappa shape index (κ1) is 22.7. The third-order valence-electron chi connectivity index (χ3n) is 6.32. The number of hydrogen-bond acceptors (Lipinski definition) is 5. The number of benzene rings is 2. The minimum absolute atomic E-state index is 0.0531. The van der Waals surface area contributed by atoms with Gasteiger partial charge in [0.1, 0.15) is 6.04 Å². The maximum Gasteiger partial charge on any atom is 0.269 e. The SMILES string of the molecule is O=C(NCC1(c2ccc(Cl)cc2)CC1)C1CCCCN1S(=O)(=O)c1ccc([N+](=O)[O-])cc1. The van der Waals surface area contributed by atoms with Crippen molar-refractivity contribution in [2.24, 2.45) is 0 Å². The van der Waals surface area contributed by atoms with E-state index in [2.05, 4.69) is 5.32 Å². The van der Waals surface area contributed by atoms with Gasteiger partial charge in [-0.2, -0.15) is 4.31 Å². The van der Waals surface area contributed by atoms with Crippen molar-refractivity contribution in [1.29, 1.82) is 0 Å². The van der Waals surface area contributed by atoms with Crippen molar-refractivity contribution >= 4 is 33.2 Å². The van der Waals surface area contributed by atoms with Crippen LogP contribution in [0.2, 0.25) is 5.02 Å². The quantitative estimate of drug-likeness (QED) is 0.483. The number of nitro benzene ring substituents is 1. The van der Waals surface area contributed by atoms with E-state index in [1.165, 1.54) is 16.4 Å². The van der Waals surface area contributed by atoms with E-state index < -0.39 is 21.0 Å². The number of halogens is 1. The van der Waals surface area contributed by atoms with E-state index in [0.717, 1.165) is 37.0 Å². The predicted molar refractivity (Wildman–Crippen MR) is 120 cm³/mol. The highest BCUT2D eigenvalue weighted by atomic mass is 35.5. The summed E-state index contributed by atoms with van der Waals surface area (Å²) in [6.07, 6.45) is 3.75. The average molecular weight is 478 g/mol. The second-order valence-electron chi connectivity index (χ2n) is 8.38. The number of carbonyl (C=O) groups is 1. The van der Waals surface area contributed by atoms with Crippen LogP contribution in [-0.4, -0.2) is 42.7 Å². The zero-order valence-corrected chi connectivity index (χ0v) is 18.9. The van der Waals surface area contributed by atoms with Crippen LogP contribution in [0.1, 0.15) is 37.7 Å². The van der Waals surface area contributed by atoms with Crippen LogP contribution in [0.15, 0.2) is 53.4 Å². The Morgan fingerprint density at radius 2 is 1.78 bits per heavy atom. The molecule has 10 heteroatoms. The molecule has 2 aromatic carbocycles. The van der Waals surface area contributed by atoms with Crippen molar-refractivity contribution in [3.05, 3.63) is 69.2 Å². The largest absolute Gasteiger partial charge is 0.354 e. The van der Waals surface area contributed by atoms with E-state index >= 15 is 0 Å². The summed E-state index contributed by atoms with van der Waals surface area (Å²) in [5, 5.41) is 14.5. The molecule has 1 saturated heterocycles. The fourth-order valence-electron chi connectivity index (χ4n) is 4.23. The van der Waals surface area contributed by atoms with Crippen LogP contribution in [0.3, 0.4) is 0 Å². The number of nitrogens with zero attached hydrogens (tertiary/aromatic N) is 2. The maximum atomic E-state index is 13.2. The topological polar surface area (TPSA) is 110 Å². The van der Waals surface area contributed by atoms with Gasteiger partial charge in [0.05, 0.1) is 9.82 Å². The van der Waals surface area contributed by atoms with Gasteiger partial charge in [-0.3, -0.25) is 14.9 Å². The minimum Gasteiger partial charge on any atom is -0.354 e. The molecule has 32 heavy (non-hydrogen) atoms. The Hall–Kier alpha value is -2.49. The van der Waals surface area contributed by atoms with Crippen LogP contribution in [-0.2, 0) is 20.2 Å². The summed E-state index contributed by atoms with van der Waals surface area (Å²) in [5.74, 6) is -0.310. The normalized spacial score (nSPS) is 20.5. The lowest BCUT2D eigenvalue weighted by molar-refractivity contribution is -0.384. The molecule has 2 fully saturated rings. The number of rotatable bonds is 7. The van der Waals surface area contributed by atoms with Crippen LogP contribution in [0.25, 0.3) is 0 Å². The van der Waals surface area contributed by atoms with E-state index in [0.29, 0.717) is 24.4 Å². The Labute approximate surface area is 191 Å². The molecule has 1 heterocycles. The third kappa shape index (κ3) is 4.51. The number of nitrogens with one attached hydrogen (secondary N) is 1. The predicted octanol–water partition coefficient (Wildman–Crippen LogP) is 3.64. The van der Waals surface area contributed by atoms with Gasteiger partial charge in [-0.05, 0) is 55.5 Å². The van der Waals surface area contributed by atoms with E-state index in [1.54, 1.807) is 0 Å². The van der Waals surface area contributed by atoms with E-state index in [9.17, 15) is 23.3 Å². The third-order valence-corrected chi connectivity index (χ3v) is 8.50. The minimum atomic E-state index is -3.96. The van der Waals surface area contributed by atoms with Gasteiger partial charge in [-0.25, -0.2) is 8.42 Å². The van der Waals surface area contributed by atoms with Crippen molar-refractivity contribution in [3.8, 4) is 0 Å². The van der Waals surface area contributed by atoms with Gasteiger partial charge in [-0.15, -0.1) is 0 Å². The zero-order chi connectivity index (χ0) is 22.9. The molecule has 1 amide bonds. The second kappa shape index (κ2) is 8.80. The van der Waals surface area contributed by atoms with Crippen molar-refractivity contribution < 1.29 is 18.1 Å². The van der Waals surface area contributed by atoms with Crippen LogP contribution >= 0.6 is 11.6 Å². The molecule has 1 saturated carbocycles. The van der Waals surface area contributed by atoms with Crippen LogP contribution in [0, 0.1) is 10.1 Å². The number of non-ortho nitro benzene ring substituents is 1. The molecular formula is C22H24ClN3O5S. The number of sulfonamides is 1. The Balaban J connectivity index is 1.48. The molecule has 1 aliphatic carbocycles. The van der Waals surface area contributed by atoms with E-state index in [-0.39, 0.29) is 28.4 Å². The first-order valence-electron chi connectivity index (χ1n) is 10.5. The summed E-state index contributed by atoms with van der Waals surface area (Å²) in [5.41, 5.74) is 0.798. The molecule has 1 aliphatic heterocycles. The molecule has 4 rings (SSSR count). The Bertz CT molecular complexity index is 1120. The first-order chi connectivity index (χ1) is 15.2. The van der Waals surface area contributed by atoms with Gasteiger partial charge in [-0.1, -0.05) is 30.2 Å². The summed E-state index contributed by atoms with van der Waals surface area (Å²) in [6, 6.07) is 11.6. The average Bonchev–Trinajstić information content (AvgIpc) is 3.59. The highest BCUT2D eigenvalue weighted by Crippen LogP contribution is 2.47. The summed E-state index contributed by atoms with van der Waals surface area (Å²) >= 11 is 5.98. The first-order valence-corrected chi connectivity index (χ1v) is 12.3. The Morgan fingerprint density at radius 1 is 1.12 bits per heavy atom. The van der Waals surface area contributed by atoms with E-state index in [4.69, 9.17) is 11.6 Å². The summed E-state index contributed by atoms with van der Waals surface area (Å²) < 4.78 is 27.7. The lowest BCUT2D eigenvalue weighted by atomic mass is 9.95. The highest BCUT2D eigenvalue weighted by molar-refractivity contribution is 7.89. The molecule has 8 nitrogen and oxygen atoms in total. The summed E-state index contributed by atoms with van der Waals surface area (Å²) in [6.45, 7) is 0.676. The van der Waals surface area contributed by atoms with Crippen molar-refractivity contribution in [2.75, 3.05) is 13.1 Å². The molecule has 1 atom stereocenters. The smallest absolute Gasteiger partial charge is 0.269 e. The van der Waals surface area contributed by atoms with Crippen LogP contribution in [0.5, 0.6) is 0 Å². The van der Waals surface area contributed by atoms with Gasteiger partial charge >= 0.3 is 0 Å². The summed E-state index contributed by atoms with van der Waals surface area (Å²) in [7, 11) is -3.96. The molecule has 0 aromatic heterocycles. The number of carbonyl (C=O) groups excluding carboxylic acids is 1. The number of hydrogen-bond donors (Lipinski definition) is 1. The molecule has 0 radical (unpaired) electrons. The standard InChI is InChI=1S/C22H24ClN3O5S/c23-17-6-4-16(5-7-17)22(12-13-22)15-24-21(27)20-3-1-2-14-25(20)32(30,31)19-10-8-18(9-11-19)26(28)29/h4-11,20H,1-3,12-15H2,(H,24,27). The Morgan fingerprint density at radius 3 is 2.38 bits per heavy atom. The van der Waals surface area contributed by atoms with Crippen molar-refractivity contribution in [1.82, 2.24) is 9.62 Å². The van der Waals surface area contributed by atoms with Crippen molar-refractivity contribution in [2.45, 2.75) is 48.5 Å². The van der Waals surface area contributed by atoms with Gasteiger partial charge in [0.2, 0.25) is 15.9 Å². The summed E-state index contributed by atoms with van der Waals surface area (Å²) in [4.78, 5) is 23.3. The number of amides is 1. The van der Waals surface area contributed by atoms with Crippen molar-refractivity contribution in [3.63, 3.8) is 0 Å². The second-order valence-corrected chi connectivity index (χ2v) is 10.7. The molecule has 0 bridgehead atoms. The van der Waals surface area contributed by atoms with Crippen LogP contribution < -0.4 is 5.32 Å². The maximum absolute atomic E-state index is 13.2. The van der Waals surface area contributed by atoms with E-state index in [1.807, 2.05) is 24.3 Å².